The SMILES string of the molecule is CCCCCC1c2ccccc2ON1CCc1ccc(O)cc1. The van der Waals surface area contributed by atoms with Crippen molar-refractivity contribution in [3.8, 4) is 11.5 Å². The van der Waals surface area contributed by atoms with Crippen LogP contribution in [-0.2, 0) is 6.42 Å². The molecular weight excluding hydrogens is 286 g/mol. The van der Waals surface area contributed by atoms with Crippen LogP contribution >= 0.6 is 0 Å². The van der Waals surface area contributed by atoms with Gasteiger partial charge in [0.05, 0.1) is 6.04 Å². The first-order valence-electron chi connectivity index (χ1n) is 8.59. The van der Waals surface area contributed by atoms with E-state index in [-0.39, 0.29) is 0 Å². The van der Waals surface area contributed by atoms with Crippen molar-refractivity contribution in [1.29, 1.82) is 0 Å². The molecule has 0 saturated carbocycles. The standard InChI is InChI=1S/C20H25NO2/c1-2-3-4-8-19-18-7-5-6-9-20(18)23-21(19)15-14-16-10-12-17(22)13-11-16/h5-7,9-13,19,22H,2-4,8,14-15H2,1H3. The minimum atomic E-state index is 0.316. The molecule has 0 aliphatic carbocycles. The molecule has 122 valence electrons. The molecule has 1 atom stereocenters. The van der Waals surface area contributed by atoms with Crippen LogP contribution in [0.15, 0.2) is 48.5 Å². The van der Waals surface area contributed by atoms with Gasteiger partial charge in [-0.3, -0.25) is 0 Å². The highest BCUT2D eigenvalue weighted by Gasteiger charge is 2.31. The highest BCUT2D eigenvalue weighted by molar-refractivity contribution is 5.38. The zero-order chi connectivity index (χ0) is 16.1. The third kappa shape index (κ3) is 3.85. The van der Waals surface area contributed by atoms with E-state index in [0.29, 0.717) is 11.8 Å². The number of benzene rings is 2. The summed E-state index contributed by atoms with van der Waals surface area (Å²) in [5.74, 6) is 1.32. The van der Waals surface area contributed by atoms with Gasteiger partial charge >= 0.3 is 0 Å². The fourth-order valence-corrected chi connectivity index (χ4v) is 3.17. The van der Waals surface area contributed by atoms with E-state index < -0.39 is 0 Å². The van der Waals surface area contributed by atoms with Crippen molar-refractivity contribution in [2.75, 3.05) is 6.54 Å². The number of unbranched alkanes of at least 4 members (excludes halogenated alkanes) is 2. The maximum Gasteiger partial charge on any atom is 0.152 e. The van der Waals surface area contributed by atoms with Gasteiger partial charge in [-0.15, -0.1) is 5.06 Å². The second-order valence-electron chi connectivity index (χ2n) is 6.20. The van der Waals surface area contributed by atoms with E-state index >= 15 is 0 Å². The van der Waals surface area contributed by atoms with Crippen molar-refractivity contribution in [3.63, 3.8) is 0 Å². The fraction of sp³-hybridized carbons (Fsp3) is 0.400. The summed E-state index contributed by atoms with van der Waals surface area (Å²) in [6.45, 7) is 3.10. The number of rotatable bonds is 7. The maximum atomic E-state index is 9.38. The Hall–Kier alpha value is -2.00. The lowest BCUT2D eigenvalue weighted by atomic mass is 10.00. The molecule has 2 aromatic rings. The van der Waals surface area contributed by atoms with Gasteiger partial charge in [0.15, 0.2) is 5.75 Å². The van der Waals surface area contributed by atoms with E-state index in [9.17, 15) is 5.11 Å². The van der Waals surface area contributed by atoms with Crippen molar-refractivity contribution in [2.24, 2.45) is 0 Å². The minimum absolute atomic E-state index is 0.316. The van der Waals surface area contributed by atoms with Gasteiger partial charge < -0.3 is 9.94 Å². The number of fused-ring (bicyclic) bond motifs is 1. The second kappa shape index (κ2) is 7.51. The summed E-state index contributed by atoms with van der Waals surface area (Å²) in [7, 11) is 0. The number of phenolic OH excluding ortho intramolecular Hbond substituents is 1. The van der Waals surface area contributed by atoms with Crippen molar-refractivity contribution in [3.05, 3.63) is 59.7 Å². The summed E-state index contributed by atoms with van der Waals surface area (Å²) in [5.41, 5.74) is 2.53. The molecule has 0 aromatic heterocycles. The molecule has 1 aliphatic heterocycles. The number of aromatic hydroxyl groups is 1. The highest BCUT2D eigenvalue weighted by Crippen LogP contribution is 2.40. The van der Waals surface area contributed by atoms with Crippen LogP contribution < -0.4 is 4.84 Å². The summed E-state index contributed by atoms with van der Waals surface area (Å²) in [6, 6.07) is 16.2. The number of phenols is 1. The third-order valence-electron chi connectivity index (χ3n) is 4.48. The summed E-state index contributed by atoms with van der Waals surface area (Å²) >= 11 is 0. The average Bonchev–Trinajstić information content (AvgIpc) is 2.93. The summed E-state index contributed by atoms with van der Waals surface area (Å²) in [5, 5.41) is 11.5. The second-order valence-corrected chi connectivity index (χ2v) is 6.20. The highest BCUT2D eigenvalue weighted by atomic mass is 16.7. The number of hydrogen-bond donors (Lipinski definition) is 1. The van der Waals surface area contributed by atoms with Gasteiger partial charge in [-0.25, -0.2) is 0 Å². The predicted molar refractivity (Wildman–Crippen MR) is 92.5 cm³/mol. The molecule has 0 spiro atoms. The van der Waals surface area contributed by atoms with Crippen molar-refractivity contribution < 1.29 is 9.94 Å². The molecule has 0 amide bonds. The lowest BCUT2D eigenvalue weighted by Crippen LogP contribution is -2.28. The maximum absolute atomic E-state index is 9.38. The summed E-state index contributed by atoms with van der Waals surface area (Å²) < 4.78 is 0. The van der Waals surface area contributed by atoms with E-state index in [1.807, 2.05) is 18.2 Å². The minimum Gasteiger partial charge on any atom is -0.508 e. The van der Waals surface area contributed by atoms with E-state index in [1.165, 1.54) is 30.4 Å². The van der Waals surface area contributed by atoms with Gasteiger partial charge in [0.25, 0.3) is 0 Å². The van der Waals surface area contributed by atoms with Gasteiger partial charge in [-0.1, -0.05) is 56.5 Å². The van der Waals surface area contributed by atoms with Crippen LogP contribution in [-0.4, -0.2) is 16.7 Å². The molecule has 0 fully saturated rings. The largest absolute Gasteiger partial charge is 0.508 e. The molecule has 3 rings (SSSR count). The lowest BCUT2D eigenvalue weighted by Gasteiger charge is -2.23. The molecule has 0 bridgehead atoms. The number of para-hydroxylation sites is 1. The predicted octanol–water partition coefficient (Wildman–Crippen LogP) is 4.87. The average molecular weight is 311 g/mol. The van der Waals surface area contributed by atoms with Gasteiger partial charge in [0.2, 0.25) is 0 Å². The van der Waals surface area contributed by atoms with E-state index in [4.69, 9.17) is 4.84 Å². The van der Waals surface area contributed by atoms with Crippen molar-refractivity contribution in [1.82, 2.24) is 5.06 Å². The molecule has 3 heteroatoms. The topological polar surface area (TPSA) is 32.7 Å². The van der Waals surface area contributed by atoms with E-state index in [2.05, 4.69) is 30.2 Å². The molecule has 1 N–H and O–H groups in total. The normalized spacial score (nSPS) is 17.0. The Bertz CT molecular complexity index is 624. The molecular formula is C20H25NO2. The summed E-state index contributed by atoms with van der Waals surface area (Å²) in [6.07, 6.45) is 5.79. The van der Waals surface area contributed by atoms with Crippen LogP contribution in [0.1, 0.15) is 49.8 Å². The number of hydroxylamine groups is 2. The van der Waals surface area contributed by atoms with Gasteiger partial charge in [0.1, 0.15) is 5.75 Å². The quantitative estimate of drug-likeness (QED) is 0.741. The third-order valence-corrected chi connectivity index (χ3v) is 4.48. The Balaban J connectivity index is 1.66. The molecule has 23 heavy (non-hydrogen) atoms. The molecule has 2 aromatic carbocycles. The van der Waals surface area contributed by atoms with Gasteiger partial charge in [-0.2, -0.15) is 0 Å². The van der Waals surface area contributed by atoms with E-state index in [1.54, 1.807) is 12.1 Å². The zero-order valence-electron chi connectivity index (χ0n) is 13.7. The molecule has 1 aliphatic rings. The lowest BCUT2D eigenvalue weighted by molar-refractivity contribution is -0.0727. The van der Waals surface area contributed by atoms with Crippen LogP contribution in [0.4, 0.5) is 0 Å². The Morgan fingerprint density at radius 3 is 2.61 bits per heavy atom. The molecule has 0 radical (unpaired) electrons. The molecule has 1 unspecified atom stereocenters. The summed E-state index contributed by atoms with van der Waals surface area (Å²) in [4.78, 5) is 6.08. The smallest absolute Gasteiger partial charge is 0.152 e. The number of nitrogens with zero attached hydrogens (tertiary/aromatic N) is 1. The first-order valence-corrected chi connectivity index (χ1v) is 8.59. The van der Waals surface area contributed by atoms with Gasteiger partial charge in [-0.05, 0) is 36.6 Å². The van der Waals surface area contributed by atoms with Crippen LogP contribution in [0, 0.1) is 0 Å². The Morgan fingerprint density at radius 2 is 1.83 bits per heavy atom. The van der Waals surface area contributed by atoms with Crippen molar-refractivity contribution >= 4 is 0 Å². The van der Waals surface area contributed by atoms with Crippen LogP contribution in [0.2, 0.25) is 0 Å². The van der Waals surface area contributed by atoms with Crippen molar-refractivity contribution in [2.45, 2.75) is 45.1 Å². The Kier molecular flexibility index (Phi) is 5.19. The van der Waals surface area contributed by atoms with Crippen LogP contribution in [0.25, 0.3) is 0 Å². The van der Waals surface area contributed by atoms with Gasteiger partial charge in [0, 0.05) is 12.1 Å². The Morgan fingerprint density at radius 1 is 1.04 bits per heavy atom. The van der Waals surface area contributed by atoms with E-state index in [0.717, 1.165) is 25.1 Å². The Labute approximate surface area is 138 Å². The molecule has 1 heterocycles. The first-order chi connectivity index (χ1) is 11.3. The molecule has 0 saturated heterocycles. The van der Waals surface area contributed by atoms with Crippen LogP contribution in [0.3, 0.4) is 0 Å². The zero-order valence-corrected chi connectivity index (χ0v) is 13.7. The fourth-order valence-electron chi connectivity index (χ4n) is 3.17. The molecule has 3 nitrogen and oxygen atoms in total. The van der Waals surface area contributed by atoms with Crippen LogP contribution in [0.5, 0.6) is 11.5 Å². The number of hydrogen-bond acceptors (Lipinski definition) is 3. The monoisotopic (exact) mass is 311 g/mol. The first kappa shape index (κ1) is 15.9.